The molecule has 0 bridgehead atoms. The maximum absolute atomic E-state index is 12.8. The van der Waals surface area contributed by atoms with Gasteiger partial charge in [0.05, 0.1) is 16.0 Å². The fourth-order valence-electron chi connectivity index (χ4n) is 3.26. The molecule has 0 saturated heterocycles. The molecule has 0 aliphatic rings. The molecular formula is C24H23NO7S. The Balaban J connectivity index is 1.81. The van der Waals surface area contributed by atoms with E-state index in [1.807, 2.05) is 6.92 Å². The van der Waals surface area contributed by atoms with Gasteiger partial charge in [-0.15, -0.1) is 0 Å². The number of carboxylic acid groups (broad SMARTS) is 1. The van der Waals surface area contributed by atoms with Crippen molar-refractivity contribution in [2.45, 2.75) is 43.2 Å². The number of hydrogen-bond donors (Lipinski definition) is 2. The van der Waals surface area contributed by atoms with Crippen LogP contribution in [0, 0.1) is 0 Å². The summed E-state index contributed by atoms with van der Waals surface area (Å²) < 4.78 is 31.4. The Morgan fingerprint density at radius 3 is 2.36 bits per heavy atom. The number of aromatic carboxylic acids is 1. The van der Waals surface area contributed by atoms with Crippen molar-refractivity contribution in [2.24, 2.45) is 0 Å². The highest BCUT2D eigenvalue weighted by atomic mass is 32.2. The lowest BCUT2D eigenvalue weighted by atomic mass is 10.0. The lowest BCUT2D eigenvalue weighted by Crippen LogP contribution is -2.07. The standard InChI is InChI=1S/C24H23NO7S/c1-3-4-20-21(10-9-19(15(2)26)23(20)27)32-14-16-5-7-18(8-6-16)33(30,31)22-13-17(24(28)29)11-12-25-22/h5-13,27H,3-4,14H2,1-2H3,(H,28,29). The number of aromatic hydroxyl groups is 1. The Bertz CT molecular complexity index is 1300. The summed E-state index contributed by atoms with van der Waals surface area (Å²) in [6.07, 6.45) is 2.41. The van der Waals surface area contributed by atoms with Crippen molar-refractivity contribution in [3.05, 3.63) is 77.0 Å². The van der Waals surface area contributed by atoms with Gasteiger partial charge in [0.1, 0.15) is 18.1 Å². The van der Waals surface area contributed by atoms with Gasteiger partial charge in [0.2, 0.25) is 9.84 Å². The highest BCUT2D eigenvalue weighted by Gasteiger charge is 2.21. The minimum atomic E-state index is -3.99. The molecule has 172 valence electrons. The summed E-state index contributed by atoms with van der Waals surface area (Å²) in [5.74, 6) is -1.12. The van der Waals surface area contributed by atoms with Gasteiger partial charge in [0, 0.05) is 11.8 Å². The number of carbonyl (C=O) groups is 2. The first-order chi connectivity index (χ1) is 15.6. The molecule has 0 aliphatic heterocycles. The number of pyridine rings is 1. The molecule has 2 aromatic carbocycles. The number of aromatic nitrogens is 1. The third-order valence-electron chi connectivity index (χ3n) is 5.00. The highest BCUT2D eigenvalue weighted by Crippen LogP contribution is 2.33. The molecule has 0 amide bonds. The SMILES string of the molecule is CCCc1c(OCc2ccc(S(=O)(=O)c3cc(C(=O)O)ccn3)cc2)ccc(C(C)=O)c1O. The predicted octanol–water partition coefficient (Wildman–Crippen LogP) is 4.05. The normalized spacial score (nSPS) is 11.2. The number of nitrogens with zero attached hydrogens (tertiary/aromatic N) is 1. The zero-order chi connectivity index (χ0) is 24.2. The van der Waals surface area contributed by atoms with Gasteiger partial charge in [-0.05, 0) is 55.3 Å². The van der Waals surface area contributed by atoms with Gasteiger partial charge in [0.25, 0.3) is 0 Å². The maximum Gasteiger partial charge on any atom is 0.335 e. The van der Waals surface area contributed by atoms with E-state index in [2.05, 4.69) is 4.98 Å². The zero-order valence-corrected chi connectivity index (χ0v) is 18.9. The Kier molecular flexibility index (Phi) is 7.13. The summed E-state index contributed by atoms with van der Waals surface area (Å²) in [6, 6.07) is 11.3. The summed E-state index contributed by atoms with van der Waals surface area (Å²) in [5, 5.41) is 19.2. The minimum absolute atomic E-state index is 0.0311. The van der Waals surface area contributed by atoms with Crippen LogP contribution in [0.4, 0.5) is 0 Å². The van der Waals surface area contributed by atoms with Gasteiger partial charge < -0.3 is 14.9 Å². The number of sulfone groups is 1. The number of carbonyl (C=O) groups excluding carboxylic acids is 1. The quantitative estimate of drug-likeness (QED) is 0.449. The number of hydrogen-bond acceptors (Lipinski definition) is 7. The third-order valence-corrected chi connectivity index (χ3v) is 6.67. The van der Waals surface area contributed by atoms with Gasteiger partial charge >= 0.3 is 5.97 Å². The van der Waals surface area contributed by atoms with E-state index in [1.165, 1.54) is 31.2 Å². The Morgan fingerprint density at radius 2 is 1.76 bits per heavy atom. The number of phenols is 1. The van der Waals surface area contributed by atoms with Crippen molar-refractivity contribution in [3.63, 3.8) is 0 Å². The molecule has 0 aliphatic carbocycles. The molecule has 0 fully saturated rings. The second-order valence-electron chi connectivity index (χ2n) is 7.37. The first kappa shape index (κ1) is 23.9. The molecule has 2 N–H and O–H groups in total. The molecule has 0 atom stereocenters. The number of phenolic OH excluding ortho intramolecular Hbond substituents is 1. The van der Waals surface area contributed by atoms with Crippen molar-refractivity contribution < 1.29 is 33.0 Å². The molecule has 0 saturated carbocycles. The lowest BCUT2D eigenvalue weighted by Gasteiger charge is -2.15. The molecule has 0 spiro atoms. The molecule has 8 nitrogen and oxygen atoms in total. The smallest absolute Gasteiger partial charge is 0.335 e. The van der Waals surface area contributed by atoms with Crippen LogP contribution < -0.4 is 4.74 Å². The van der Waals surface area contributed by atoms with E-state index in [9.17, 15) is 23.1 Å². The predicted molar refractivity (Wildman–Crippen MR) is 120 cm³/mol. The lowest BCUT2D eigenvalue weighted by molar-refractivity contribution is 0.0696. The first-order valence-corrected chi connectivity index (χ1v) is 11.7. The largest absolute Gasteiger partial charge is 0.507 e. The Hall–Kier alpha value is -3.72. The minimum Gasteiger partial charge on any atom is -0.507 e. The van der Waals surface area contributed by atoms with E-state index >= 15 is 0 Å². The van der Waals surface area contributed by atoms with Crippen molar-refractivity contribution in [3.8, 4) is 11.5 Å². The monoisotopic (exact) mass is 469 g/mol. The van der Waals surface area contributed by atoms with Crippen molar-refractivity contribution >= 4 is 21.6 Å². The van der Waals surface area contributed by atoms with E-state index in [0.29, 0.717) is 23.3 Å². The summed E-state index contributed by atoms with van der Waals surface area (Å²) in [6.45, 7) is 3.45. The van der Waals surface area contributed by atoms with Gasteiger partial charge in [-0.3, -0.25) is 4.79 Å². The number of carboxylic acids is 1. The average Bonchev–Trinajstić information content (AvgIpc) is 2.79. The van der Waals surface area contributed by atoms with Crippen LogP contribution in [0.2, 0.25) is 0 Å². The number of benzene rings is 2. The summed E-state index contributed by atoms with van der Waals surface area (Å²) in [5.41, 5.74) is 1.30. The van der Waals surface area contributed by atoms with Crippen LogP contribution in [0.3, 0.4) is 0 Å². The molecule has 9 heteroatoms. The van der Waals surface area contributed by atoms with Gasteiger partial charge in [0.15, 0.2) is 10.8 Å². The second kappa shape index (κ2) is 9.83. The molecule has 0 radical (unpaired) electrons. The number of Topliss-reactive ketones (excluding diaryl/α,β-unsaturated/α-hetero) is 1. The third kappa shape index (κ3) is 5.20. The fourth-order valence-corrected chi connectivity index (χ4v) is 4.48. The van der Waals surface area contributed by atoms with Gasteiger partial charge in [-0.25, -0.2) is 18.2 Å². The van der Waals surface area contributed by atoms with E-state index in [-0.39, 0.29) is 39.2 Å². The zero-order valence-electron chi connectivity index (χ0n) is 18.1. The van der Waals surface area contributed by atoms with Crippen LogP contribution in [0.15, 0.2) is 64.6 Å². The highest BCUT2D eigenvalue weighted by molar-refractivity contribution is 7.91. The van der Waals surface area contributed by atoms with Crippen LogP contribution in [0.5, 0.6) is 11.5 Å². The first-order valence-electron chi connectivity index (χ1n) is 10.2. The van der Waals surface area contributed by atoms with Gasteiger partial charge in [-0.1, -0.05) is 25.5 Å². The number of ketones is 1. The molecule has 33 heavy (non-hydrogen) atoms. The number of ether oxygens (including phenoxy) is 1. The summed E-state index contributed by atoms with van der Waals surface area (Å²) in [4.78, 5) is 26.6. The van der Waals surface area contributed by atoms with Gasteiger partial charge in [-0.2, -0.15) is 0 Å². The van der Waals surface area contributed by atoms with E-state index in [4.69, 9.17) is 9.84 Å². The van der Waals surface area contributed by atoms with Crippen molar-refractivity contribution in [1.82, 2.24) is 4.98 Å². The van der Waals surface area contributed by atoms with Crippen LogP contribution in [-0.4, -0.2) is 35.4 Å². The van der Waals surface area contributed by atoms with Crippen LogP contribution >= 0.6 is 0 Å². The number of rotatable bonds is 9. The molecule has 3 aromatic rings. The van der Waals surface area contributed by atoms with Crippen LogP contribution in [0.25, 0.3) is 0 Å². The van der Waals surface area contributed by atoms with E-state index in [0.717, 1.165) is 18.7 Å². The summed E-state index contributed by atoms with van der Waals surface area (Å²) in [7, 11) is -3.99. The topological polar surface area (TPSA) is 131 Å². The Morgan fingerprint density at radius 1 is 1.06 bits per heavy atom. The molecule has 1 heterocycles. The van der Waals surface area contributed by atoms with E-state index < -0.39 is 15.8 Å². The van der Waals surface area contributed by atoms with Crippen molar-refractivity contribution in [2.75, 3.05) is 0 Å². The van der Waals surface area contributed by atoms with Crippen LogP contribution in [-0.2, 0) is 22.9 Å². The fraction of sp³-hybridized carbons (Fsp3) is 0.208. The van der Waals surface area contributed by atoms with Crippen LogP contribution in [0.1, 0.15) is 52.1 Å². The molecule has 3 rings (SSSR count). The molecular weight excluding hydrogens is 446 g/mol. The second-order valence-corrected chi connectivity index (χ2v) is 9.27. The summed E-state index contributed by atoms with van der Waals surface area (Å²) >= 11 is 0. The Labute approximate surface area is 191 Å². The molecule has 1 aromatic heterocycles. The molecule has 0 unspecified atom stereocenters. The van der Waals surface area contributed by atoms with E-state index in [1.54, 1.807) is 18.2 Å². The van der Waals surface area contributed by atoms with Crippen molar-refractivity contribution in [1.29, 1.82) is 0 Å². The average molecular weight is 470 g/mol. The maximum atomic E-state index is 12.8.